The fourth-order valence-corrected chi connectivity index (χ4v) is 2.40. The average Bonchev–Trinajstić information content (AvgIpc) is 2.71. The van der Waals surface area contributed by atoms with Gasteiger partial charge in [0.1, 0.15) is 11.5 Å². The summed E-state index contributed by atoms with van der Waals surface area (Å²) in [5.41, 5.74) is 2.04. The smallest absolute Gasteiger partial charge is 0.313 e. The van der Waals surface area contributed by atoms with Gasteiger partial charge in [-0.1, -0.05) is 36.9 Å². The molecule has 0 fully saturated rings. The molecule has 6 nitrogen and oxygen atoms in total. The molecule has 0 unspecified atom stereocenters. The Bertz CT molecular complexity index is 845. The Balaban J connectivity index is 2.04. The zero-order valence-corrected chi connectivity index (χ0v) is 15.3. The number of nitrogens with one attached hydrogen (secondary N) is 2. The SMILES string of the molecule is C=CO/C(=C\C)c1ccc(NC(=O)C(=O)NCc2ccccc2)cc1OC. The van der Waals surface area contributed by atoms with Gasteiger partial charge in [0.2, 0.25) is 0 Å². The number of hydrogen-bond donors (Lipinski definition) is 2. The Morgan fingerprint density at radius 2 is 1.85 bits per heavy atom. The number of hydrogen-bond acceptors (Lipinski definition) is 4. The molecular formula is C21H22N2O4. The van der Waals surface area contributed by atoms with Crippen LogP contribution in [-0.2, 0) is 20.9 Å². The van der Waals surface area contributed by atoms with Crippen molar-refractivity contribution in [2.75, 3.05) is 12.4 Å². The van der Waals surface area contributed by atoms with Crippen molar-refractivity contribution in [3.05, 3.63) is 78.6 Å². The highest BCUT2D eigenvalue weighted by Gasteiger charge is 2.15. The second-order valence-electron chi connectivity index (χ2n) is 5.47. The summed E-state index contributed by atoms with van der Waals surface area (Å²) >= 11 is 0. The summed E-state index contributed by atoms with van der Waals surface area (Å²) in [5.74, 6) is -0.409. The van der Waals surface area contributed by atoms with Gasteiger partial charge in [0.05, 0.1) is 18.9 Å². The van der Waals surface area contributed by atoms with E-state index in [0.717, 1.165) is 5.56 Å². The number of carbonyl (C=O) groups is 2. The summed E-state index contributed by atoms with van der Waals surface area (Å²) in [6.45, 7) is 5.64. The van der Waals surface area contributed by atoms with E-state index in [-0.39, 0.29) is 6.54 Å². The van der Waals surface area contributed by atoms with Crippen molar-refractivity contribution in [2.45, 2.75) is 13.5 Å². The number of allylic oxidation sites excluding steroid dienone is 1. The first-order valence-electron chi connectivity index (χ1n) is 8.34. The van der Waals surface area contributed by atoms with Gasteiger partial charge in [-0.3, -0.25) is 9.59 Å². The molecule has 0 atom stereocenters. The van der Waals surface area contributed by atoms with Gasteiger partial charge in [-0.05, 0) is 30.7 Å². The van der Waals surface area contributed by atoms with E-state index in [1.165, 1.54) is 13.4 Å². The number of rotatable bonds is 7. The van der Waals surface area contributed by atoms with Crippen LogP contribution >= 0.6 is 0 Å². The third kappa shape index (κ3) is 5.47. The number of anilines is 1. The normalized spacial score (nSPS) is 10.7. The quantitative estimate of drug-likeness (QED) is 0.581. The van der Waals surface area contributed by atoms with Gasteiger partial charge in [-0.2, -0.15) is 0 Å². The van der Waals surface area contributed by atoms with Crippen LogP contribution < -0.4 is 15.4 Å². The van der Waals surface area contributed by atoms with Gasteiger partial charge in [0.25, 0.3) is 0 Å². The Morgan fingerprint density at radius 1 is 1.11 bits per heavy atom. The van der Waals surface area contributed by atoms with Crippen molar-refractivity contribution in [1.29, 1.82) is 0 Å². The van der Waals surface area contributed by atoms with Crippen LogP contribution in [0.25, 0.3) is 5.76 Å². The van der Waals surface area contributed by atoms with Gasteiger partial charge >= 0.3 is 11.8 Å². The van der Waals surface area contributed by atoms with Crippen LogP contribution in [0.4, 0.5) is 5.69 Å². The summed E-state index contributed by atoms with van der Waals surface area (Å²) in [6.07, 6.45) is 3.09. The largest absolute Gasteiger partial charge is 0.496 e. The Hall–Kier alpha value is -3.54. The minimum Gasteiger partial charge on any atom is -0.496 e. The summed E-state index contributed by atoms with van der Waals surface area (Å²) in [5, 5.41) is 5.14. The molecule has 27 heavy (non-hydrogen) atoms. The average molecular weight is 366 g/mol. The van der Waals surface area contributed by atoms with Gasteiger partial charge in [-0.15, -0.1) is 0 Å². The molecule has 0 aliphatic rings. The van der Waals surface area contributed by atoms with Crippen LogP contribution in [0.3, 0.4) is 0 Å². The van der Waals surface area contributed by atoms with Crippen molar-refractivity contribution in [2.24, 2.45) is 0 Å². The van der Waals surface area contributed by atoms with E-state index < -0.39 is 11.8 Å². The van der Waals surface area contributed by atoms with Gasteiger partial charge in [0, 0.05) is 18.3 Å². The first-order chi connectivity index (χ1) is 13.1. The molecule has 0 saturated heterocycles. The maximum absolute atomic E-state index is 12.1. The topological polar surface area (TPSA) is 76.7 Å². The fraction of sp³-hybridized carbons (Fsp3) is 0.143. The van der Waals surface area contributed by atoms with E-state index in [4.69, 9.17) is 9.47 Å². The molecule has 140 valence electrons. The van der Waals surface area contributed by atoms with Crippen LogP contribution in [0.1, 0.15) is 18.1 Å². The minimum absolute atomic E-state index is 0.277. The van der Waals surface area contributed by atoms with Crippen molar-refractivity contribution in [1.82, 2.24) is 5.32 Å². The van der Waals surface area contributed by atoms with E-state index >= 15 is 0 Å². The van der Waals surface area contributed by atoms with Gasteiger partial charge in [-0.25, -0.2) is 0 Å². The minimum atomic E-state index is -0.755. The third-order valence-electron chi connectivity index (χ3n) is 3.70. The molecule has 0 saturated carbocycles. The number of methoxy groups -OCH3 is 1. The molecule has 2 amide bonds. The zero-order chi connectivity index (χ0) is 19.6. The first kappa shape index (κ1) is 19.8. The molecule has 0 aromatic heterocycles. The second-order valence-corrected chi connectivity index (χ2v) is 5.47. The maximum Gasteiger partial charge on any atom is 0.313 e. The lowest BCUT2D eigenvalue weighted by atomic mass is 10.1. The number of benzene rings is 2. The van der Waals surface area contributed by atoms with Crippen LogP contribution in [0.15, 0.2) is 67.4 Å². The molecule has 2 rings (SSSR count). The highest BCUT2D eigenvalue weighted by molar-refractivity contribution is 6.39. The molecule has 0 aliphatic carbocycles. The zero-order valence-electron chi connectivity index (χ0n) is 15.3. The molecule has 0 bridgehead atoms. The second kappa shape index (κ2) is 9.82. The standard InChI is InChI=1S/C21H22N2O4/c1-4-18(27-5-2)17-12-11-16(13-19(17)26-3)23-21(25)20(24)22-14-15-9-7-6-8-10-15/h4-13H,2,14H2,1,3H3,(H,22,24)(H,23,25)/b18-4-. The summed E-state index contributed by atoms with van der Waals surface area (Å²) in [6, 6.07) is 14.4. The number of ether oxygens (including phenoxy) is 2. The van der Waals surface area contributed by atoms with Crippen molar-refractivity contribution >= 4 is 23.3 Å². The van der Waals surface area contributed by atoms with E-state index in [9.17, 15) is 9.59 Å². The first-order valence-corrected chi connectivity index (χ1v) is 8.34. The Morgan fingerprint density at radius 3 is 2.48 bits per heavy atom. The molecule has 6 heteroatoms. The van der Waals surface area contributed by atoms with Crippen molar-refractivity contribution in [3.63, 3.8) is 0 Å². The third-order valence-corrected chi connectivity index (χ3v) is 3.70. The Kier molecular flexibility index (Phi) is 7.19. The van der Waals surface area contributed by atoms with Crippen molar-refractivity contribution in [3.8, 4) is 5.75 Å². The molecule has 2 aromatic rings. The molecule has 2 aromatic carbocycles. The Labute approximate surface area is 158 Å². The lowest BCUT2D eigenvalue weighted by Gasteiger charge is -2.13. The van der Waals surface area contributed by atoms with Gasteiger partial charge < -0.3 is 20.1 Å². The fourth-order valence-electron chi connectivity index (χ4n) is 2.40. The van der Waals surface area contributed by atoms with Crippen LogP contribution in [-0.4, -0.2) is 18.9 Å². The number of carbonyl (C=O) groups excluding carboxylic acids is 2. The summed E-state index contributed by atoms with van der Waals surface area (Å²) in [4.78, 5) is 24.1. The number of amides is 2. The molecular weight excluding hydrogens is 344 g/mol. The molecule has 0 spiro atoms. The summed E-state index contributed by atoms with van der Waals surface area (Å²) in [7, 11) is 1.51. The molecule has 0 radical (unpaired) electrons. The highest BCUT2D eigenvalue weighted by atomic mass is 16.5. The summed E-state index contributed by atoms with van der Waals surface area (Å²) < 4.78 is 10.7. The van der Waals surface area contributed by atoms with E-state index in [0.29, 0.717) is 22.8 Å². The molecule has 0 heterocycles. The predicted molar refractivity (Wildman–Crippen MR) is 105 cm³/mol. The van der Waals surface area contributed by atoms with Crippen LogP contribution in [0.2, 0.25) is 0 Å². The lowest BCUT2D eigenvalue weighted by Crippen LogP contribution is -2.34. The monoisotopic (exact) mass is 366 g/mol. The predicted octanol–water partition coefficient (Wildman–Crippen LogP) is 3.47. The van der Waals surface area contributed by atoms with E-state index in [2.05, 4.69) is 17.2 Å². The molecule has 0 aliphatic heterocycles. The van der Waals surface area contributed by atoms with Gasteiger partial charge in [0.15, 0.2) is 0 Å². The lowest BCUT2D eigenvalue weighted by molar-refractivity contribution is -0.136. The highest BCUT2D eigenvalue weighted by Crippen LogP contribution is 2.30. The molecule has 2 N–H and O–H groups in total. The van der Waals surface area contributed by atoms with E-state index in [1.807, 2.05) is 37.3 Å². The van der Waals surface area contributed by atoms with E-state index in [1.54, 1.807) is 24.3 Å². The van der Waals surface area contributed by atoms with Crippen molar-refractivity contribution < 1.29 is 19.1 Å². The van der Waals surface area contributed by atoms with Crippen LogP contribution in [0.5, 0.6) is 5.75 Å². The van der Waals surface area contributed by atoms with Crippen LogP contribution in [0, 0.1) is 0 Å². The maximum atomic E-state index is 12.1.